The lowest BCUT2D eigenvalue weighted by Crippen LogP contribution is -2.19. The third kappa shape index (κ3) is 3.05. The topological polar surface area (TPSA) is 26.0 Å². The van der Waals surface area contributed by atoms with E-state index in [2.05, 4.69) is 55.1 Å². The summed E-state index contributed by atoms with van der Waals surface area (Å²) in [5.74, 6) is 0. The van der Waals surface area contributed by atoms with Gasteiger partial charge in [-0.3, -0.25) is 0 Å². The van der Waals surface area contributed by atoms with Crippen LogP contribution in [0.15, 0.2) is 67.3 Å². The lowest BCUT2D eigenvalue weighted by atomic mass is 10.0. The van der Waals surface area contributed by atoms with Gasteiger partial charge in [0, 0.05) is 6.04 Å². The van der Waals surface area contributed by atoms with Crippen LogP contribution in [0, 0.1) is 0 Å². The second-order valence-corrected chi connectivity index (χ2v) is 4.17. The molecule has 2 aromatic rings. The standard InChI is InChI=1S/C16H17N/c1-2-16(17)12-13-8-10-15(11-9-13)14-6-4-3-5-7-14/h2-11,16H,1,12,17H2. The molecule has 0 fully saturated rings. The highest BCUT2D eigenvalue weighted by molar-refractivity contribution is 5.63. The van der Waals surface area contributed by atoms with Gasteiger partial charge in [-0.25, -0.2) is 0 Å². The van der Waals surface area contributed by atoms with Gasteiger partial charge in [0.1, 0.15) is 0 Å². The summed E-state index contributed by atoms with van der Waals surface area (Å²) >= 11 is 0. The molecule has 0 saturated heterocycles. The van der Waals surface area contributed by atoms with Crippen molar-refractivity contribution in [2.75, 3.05) is 0 Å². The first-order valence-electron chi connectivity index (χ1n) is 5.82. The molecule has 0 aliphatic rings. The average Bonchev–Trinajstić information content (AvgIpc) is 2.40. The van der Waals surface area contributed by atoms with E-state index in [1.807, 2.05) is 6.07 Å². The lowest BCUT2D eigenvalue weighted by molar-refractivity contribution is 0.812. The van der Waals surface area contributed by atoms with E-state index in [0.29, 0.717) is 0 Å². The van der Waals surface area contributed by atoms with Gasteiger partial charge in [-0.2, -0.15) is 0 Å². The third-order valence-corrected chi connectivity index (χ3v) is 2.84. The van der Waals surface area contributed by atoms with Crippen LogP contribution in [-0.2, 0) is 6.42 Å². The Bertz CT molecular complexity index is 471. The van der Waals surface area contributed by atoms with Crippen LogP contribution in [0.25, 0.3) is 11.1 Å². The summed E-state index contributed by atoms with van der Waals surface area (Å²) in [6, 6.07) is 18.9. The quantitative estimate of drug-likeness (QED) is 0.790. The van der Waals surface area contributed by atoms with E-state index in [-0.39, 0.29) is 6.04 Å². The summed E-state index contributed by atoms with van der Waals surface area (Å²) in [5.41, 5.74) is 9.56. The van der Waals surface area contributed by atoms with Crippen LogP contribution in [0.1, 0.15) is 5.56 Å². The van der Waals surface area contributed by atoms with Crippen molar-refractivity contribution in [2.45, 2.75) is 12.5 Å². The number of rotatable bonds is 4. The van der Waals surface area contributed by atoms with Crippen molar-refractivity contribution < 1.29 is 0 Å². The zero-order valence-electron chi connectivity index (χ0n) is 9.84. The first-order chi connectivity index (χ1) is 8.29. The molecule has 0 heterocycles. The van der Waals surface area contributed by atoms with Gasteiger partial charge in [0.2, 0.25) is 0 Å². The van der Waals surface area contributed by atoms with E-state index in [1.54, 1.807) is 6.08 Å². The first-order valence-corrected chi connectivity index (χ1v) is 5.82. The van der Waals surface area contributed by atoms with Gasteiger partial charge >= 0.3 is 0 Å². The van der Waals surface area contributed by atoms with Crippen molar-refractivity contribution in [3.8, 4) is 11.1 Å². The summed E-state index contributed by atoms with van der Waals surface area (Å²) in [5, 5.41) is 0. The van der Waals surface area contributed by atoms with E-state index in [4.69, 9.17) is 5.73 Å². The van der Waals surface area contributed by atoms with Crippen LogP contribution in [-0.4, -0.2) is 6.04 Å². The number of benzene rings is 2. The maximum atomic E-state index is 5.84. The fourth-order valence-corrected chi connectivity index (χ4v) is 1.82. The minimum atomic E-state index is 0.0394. The SMILES string of the molecule is C=CC(N)Cc1ccc(-c2ccccc2)cc1. The van der Waals surface area contributed by atoms with Crippen LogP contribution in [0.3, 0.4) is 0 Å². The third-order valence-electron chi connectivity index (χ3n) is 2.84. The second-order valence-electron chi connectivity index (χ2n) is 4.17. The first kappa shape index (κ1) is 11.6. The normalized spacial score (nSPS) is 12.1. The van der Waals surface area contributed by atoms with Crippen molar-refractivity contribution in [2.24, 2.45) is 5.73 Å². The van der Waals surface area contributed by atoms with Crippen LogP contribution < -0.4 is 5.73 Å². The summed E-state index contributed by atoms with van der Waals surface area (Å²) in [6.07, 6.45) is 2.63. The van der Waals surface area contributed by atoms with Gasteiger partial charge in [0.05, 0.1) is 0 Å². The zero-order valence-corrected chi connectivity index (χ0v) is 9.84. The molecule has 1 unspecified atom stereocenters. The molecule has 1 heteroatoms. The molecule has 1 nitrogen and oxygen atoms in total. The Morgan fingerprint density at radius 3 is 2.12 bits per heavy atom. The Kier molecular flexibility index (Phi) is 3.73. The molecule has 2 N–H and O–H groups in total. The molecule has 0 spiro atoms. The summed E-state index contributed by atoms with van der Waals surface area (Å²) < 4.78 is 0. The molecule has 1 atom stereocenters. The zero-order chi connectivity index (χ0) is 12.1. The van der Waals surface area contributed by atoms with Crippen LogP contribution in [0.4, 0.5) is 0 Å². The van der Waals surface area contributed by atoms with Crippen LogP contribution in [0.5, 0.6) is 0 Å². The van der Waals surface area contributed by atoms with Gasteiger partial charge in [-0.15, -0.1) is 6.58 Å². The minimum absolute atomic E-state index is 0.0394. The molecule has 17 heavy (non-hydrogen) atoms. The maximum absolute atomic E-state index is 5.84. The smallest absolute Gasteiger partial charge is 0.0262 e. The molecule has 2 aromatic carbocycles. The number of hydrogen-bond acceptors (Lipinski definition) is 1. The van der Waals surface area contributed by atoms with Crippen molar-refractivity contribution in [3.63, 3.8) is 0 Å². The fourth-order valence-electron chi connectivity index (χ4n) is 1.82. The minimum Gasteiger partial charge on any atom is -0.324 e. The Morgan fingerprint density at radius 1 is 0.941 bits per heavy atom. The molecular formula is C16H17N. The van der Waals surface area contributed by atoms with Crippen molar-refractivity contribution in [1.29, 1.82) is 0 Å². The van der Waals surface area contributed by atoms with Crippen molar-refractivity contribution in [1.82, 2.24) is 0 Å². The van der Waals surface area contributed by atoms with E-state index in [9.17, 15) is 0 Å². The molecule has 0 aliphatic heterocycles. The molecule has 0 aliphatic carbocycles. The Labute approximate surface area is 103 Å². The molecule has 0 amide bonds. The Morgan fingerprint density at radius 2 is 1.53 bits per heavy atom. The van der Waals surface area contributed by atoms with Crippen LogP contribution >= 0.6 is 0 Å². The second kappa shape index (κ2) is 5.46. The predicted octanol–water partition coefficient (Wildman–Crippen LogP) is 3.41. The van der Waals surface area contributed by atoms with Gasteiger partial charge in [0.25, 0.3) is 0 Å². The average molecular weight is 223 g/mol. The van der Waals surface area contributed by atoms with Crippen molar-refractivity contribution in [3.05, 3.63) is 72.8 Å². The molecule has 0 aromatic heterocycles. The summed E-state index contributed by atoms with van der Waals surface area (Å²) in [4.78, 5) is 0. The monoisotopic (exact) mass is 223 g/mol. The molecule has 0 bridgehead atoms. The molecule has 2 rings (SSSR count). The van der Waals surface area contributed by atoms with E-state index in [1.165, 1.54) is 16.7 Å². The molecule has 86 valence electrons. The van der Waals surface area contributed by atoms with E-state index >= 15 is 0 Å². The van der Waals surface area contributed by atoms with E-state index in [0.717, 1.165) is 6.42 Å². The highest BCUT2D eigenvalue weighted by atomic mass is 14.6. The molecule has 0 saturated carbocycles. The van der Waals surface area contributed by atoms with Crippen LogP contribution in [0.2, 0.25) is 0 Å². The highest BCUT2D eigenvalue weighted by Crippen LogP contribution is 2.19. The maximum Gasteiger partial charge on any atom is 0.0262 e. The van der Waals surface area contributed by atoms with Gasteiger partial charge in [-0.05, 0) is 23.1 Å². The molecule has 0 radical (unpaired) electrons. The fraction of sp³-hybridized carbons (Fsp3) is 0.125. The van der Waals surface area contributed by atoms with Gasteiger partial charge < -0.3 is 5.73 Å². The number of hydrogen-bond donors (Lipinski definition) is 1. The summed E-state index contributed by atoms with van der Waals surface area (Å²) in [7, 11) is 0. The van der Waals surface area contributed by atoms with Crippen molar-refractivity contribution >= 4 is 0 Å². The van der Waals surface area contributed by atoms with Gasteiger partial charge in [0.15, 0.2) is 0 Å². The predicted molar refractivity (Wildman–Crippen MR) is 73.8 cm³/mol. The number of nitrogens with two attached hydrogens (primary N) is 1. The Balaban J connectivity index is 2.16. The van der Waals surface area contributed by atoms with Gasteiger partial charge in [-0.1, -0.05) is 60.7 Å². The lowest BCUT2D eigenvalue weighted by Gasteiger charge is -2.07. The largest absolute Gasteiger partial charge is 0.324 e. The summed E-state index contributed by atoms with van der Waals surface area (Å²) in [6.45, 7) is 3.70. The molecular weight excluding hydrogens is 206 g/mol. The van der Waals surface area contributed by atoms with E-state index < -0.39 is 0 Å². The Hall–Kier alpha value is -1.86. The highest BCUT2D eigenvalue weighted by Gasteiger charge is 2.00.